The number of anilines is 1. The van der Waals surface area contributed by atoms with Crippen LogP contribution in [-0.4, -0.2) is 19.7 Å². The summed E-state index contributed by atoms with van der Waals surface area (Å²) in [6.07, 6.45) is 1.56. The summed E-state index contributed by atoms with van der Waals surface area (Å²) in [6.45, 7) is 4.18. The lowest BCUT2D eigenvalue weighted by molar-refractivity contribution is 0.868. The van der Waals surface area contributed by atoms with Crippen LogP contribution >= 0.6 is 23.2 Å². The van der Waals surface area contributed by atoms with Crippen molar-refractivity contribution in [3.63, 3.8) is 0 Å². The molecule has 0 aliphatic rings. The fourth-order valence-corrected chi connectivity index (χ4v) is 4.15. The number of nitrogens with one attached hydrogen (secondary N) is 1. The molecule has 2 heterocycles. The molecule has 0 spiro atoms. The van der Waals surface area contributed by atoms with Gasteiger partial charge in [0.2, 0.25) is 0 Å². The number of aryl methyl sites for hydroxylation is 1. The van der Waals surface area contributed by atoms with E-state index in [0.717, 1.165) is 28.0 Å². The van der Waals surface area contributed by atoms with Gasteiger partial charge in [0.15, 0.2) is 11.3 Å². The van der Waals surface area contributed by atoms with Crippen LogP contribution in [0.1, 0.15) is 24.1 Å². The van der Waals surface area contributed by atoms with Crippen LogP contribution in [0.25, 0.3) is 28.0 Å². The SMILES string of the molecule is Cc1ccc(C(C)Nc2ncnc3c(-c4ccc(Cl)cc4)n(-c4ccccc4Cl)nc23)cc1. The van der Waals surface area contributed by atoms with Crippen molar-refractivity contribution in [3.05, 3.63) is 100 Å². The smallest absolute Gasteiger partial charge is 0.158 e. The van der Waals surface area contributed by atoms with E-state index < -0.39 is 0 Å². The predicted octanol–water partition coefficient (Wildman–Crippen LogP) is 7.27. The van der Waals surface area contributed by atoms with Gasteiger partial charge in [-0.2, -0.15) is 5.10 Å². The highest BCUT2D eigenvalue weighted by Crippen LogP contribution is 2.35. The quantitative estimate of drug-likeness (QED) is 0.291. The van der Waals surface area contributed by atoms with Gasteiger partial charge >= 0.3 is 0 Å². The van der Waals surface area contributed by atoms with Crippen LogP contribution in [0.2, 0.25) is 10.0 Å². The topological polar surface area (TPSA) is 55.6 Å². The van der Waals surface area contributed by atoms with Crippen molar-refractivity contribution >= 4 is 40.1 Å². The van der Waals surface area contributed by atoms with Crippen LogP contribution in [0.15, 0.2) is 79.1 Å². The Morgan fingerprint density at radius 1 is 0.848 bits per heavy atom. The first-order chi connectivity index (χ1) is 16.0. The zero-order valence-electron chi connectivity index (χ0n) is 18.1. The first-order valence-electron chi connectivity index (χ1n) is 10.6. The molecule has 0 aliphatic carbocycles. The summed E-state index contributed by atoms with van der Waals surface area (Å²) < 4.78 is 1.83. The van der Waals surface area contributed by atoms with Crippen molar-refractivity contribution in [2.45, 2.75) is 19.9 Å². The number of rotatable bonds is 5. The predicted molar refractivity (Wildman–Crippen MR) is 135 cm³/mol. The van der Waals surface area contributed by atoms with Gasteiger partial charge in [0, 0.05) is 10.6 Å². The van der Waals surface area contributed by atoms with Gasteiger partial charge in [0.1, 0.15) is 17.5 Å². The third kappa shape index (κ3) is 4.17. The highest BCUT2D eigenvalue weighted by Gasteiger charge is 2.21. The minimum atomic E-state index is 0.0353. The fraction of sp³-hybridized carbons (Fsp3) is 0.115. The Bertz CT molecular complexity index is 1430. The average Bonchev–Trinajstić information content (AvgIpc) is 3.21. The third-order valence-electron chi connectivity index (χ3n) is 5.59. The number of nitrogens with zero attached hydrogens (tertiary/aromatic N) is 4. The van der Waals surface area contributed by atoms with Gasteiger partial charge in [0.05, 0.1) is 16.8 Å². The molecule has 2 aromatic heterocycles. The van der Waals surface area contributed by atoms with E-state index in [1.165, 1.54) is 5.56 Å². The van der Waals surface area contributed by atoms with Crippen molar-refractivity contribution in [2.24, 2.45) is 0 Å². The minimum Gasteiger partial charge on any atom is -0.362 e. The summed E-state index contributed by atoms with van der Waals surface area (Å²) in [6, 6.07) is 23.7. The molecule has 0 saturated heterocycles. The maximum absolute atomic E-state index is 6.55. The number of fused-ring (bicyclic) bond motifs is 1. The molecular formula is C26H21Cl2N5. The molecule has 0 radical (unpaired) electrons. The van der Waals surface area contributed by atoms with Gasteiger partial charge in [-0.1, -0.05) is 77.3 Å². The summed E-state index contributed by atoms with van der Waals surface area (Å²) in [7, 11) is 0. The van der Waals surface area contributed by atoms with E-state index in [9.17, 15) is 0 Å². The molecule has 33 heavy (non-hydrogen) atoms. The molecule has 164 valence electrons. The van der Waals surface area contributed by atoms with Crippen LogP contribution in [0.4, 0.5) is 5.82 Å². The zero-order valence-corrected chi connectivity index (χ0v) is 19.6. The molecule has 0 fully saturated rings. The minimum absolute atomic E-state index is 0.0353. The number of hydrogen-bond donors (Lipinski definition) is 1. The lowest BCUT2D eigenvalue weighted by atomic mass is 10.1. The van der Waals surface area contributed by atoms with E-state index in [1.54, 1.807) is 6.33 Å². The van der Waals surface area contributed by atoms with Crippen LogP contribution < -0.4 is 5.32 Å². The second-order valence-electron chi connectivity index (χ2n) is 7.91. The molecule has 7 heteroatoms. The molecule has 5 rings (SSSR count). The number of aromatic nitrogens is 4. The fourth-order valence-electron chi connectivity index (χ4n) is 3.81. The molecule has 0 aliphatic heterocycles. The normalized spacial score (nSPS) is 12.1. The van der Waals surface area contributed by atoms with Crippen LogP contribution in [0.5, 0.6) is 0 Å². The standard InChI is InChI=1S/C26H21Cl2N5/c1-16-7-9-18(10-8-16)17(2)31-26-24-23(29-15-30-26)25(19-11-13-20(27)14-12-19)33(32-24)22-6-4-3-5-21(22)28/h3-15,17H,1-2H3,(H,29,30,31). The lowest BCUT2D eigenvalue weighted by Gasteiger charge is -2.15. The maximum Gasteiger partial charge on any atom is 0.158 e. The Hall–Kier alpha value is -3.41. The summed E-state index contributed by atoms with van der Waals surface area (Å²) in [4.78, 5) is 9.11. The van der Waals surface area contributed by atoms with Gasteiger partial charge in [-0.25, -0.2) is 14.6 Å². The highest BCUT2D eigenvalue weighted by atomic mass is 35.5. The highest BCUT2D eigenvalue weighted by molar-refractivity contribution is 6.32. The second-order valence-corrected chi connectivity index (χ2v) is 8.76. The molecule has 1 atom stereocenters. The molecule has 1 N–H and O–H groups in total. The summed E-state index contributed by atoms with van der Waals surface area (Å²) in [5.74, 6) is 0.661. The Balaban J connectivity index is 1.68. The summed E-state index contributed by atoms with van der Waals surface area (Å²) >= 11 is 12.7. The van der Waals surface area contributed by atoms with Gasteiger partial charge in [0.25, 0.3) is 0 Å². The third-order valence-corrected chi connectivity index (χ3v) is 6.16. The Morgan fingerprint density at radius 3 is 2.30 bits per heavy atom. The van der Waals surface area contributed by atoms with Crippen LogP contribution in [0, 0.1) is 6.92 Å². The van der Waals surface area contributed by atoms with E-state index in [4.69, 9.17) is 28.3 Å². The van der Waals surface area contributed by atoms with Gasteiger partial charge in [-0.05, 0) is 43.7 Å². The number of para-hydroxylation sites is 1. The van der Waals surface area contributed by atoms with E-state index >= 15 is 0 Å². The largest absolute Gasteiger partial charge is 0.362 e. The monoisotopic (exact) mass is 473 g/mol. The van der Waals surface area contributed by atoms with E-state index in [-0.39, 0.29) is 6.04 Å². The van der Waals surface area contributed by atoms with Crippen molar-refractivity contribution < 1.29 is 0 Å². The Morgan fingerprint density at radius 2 is 1.58 bits per heavy atom. The molecule has 0 bridgehead atoms. The van der Waals surface area contributed by atoms with Crippen molar-refractivity contribution in [1.29, 1.82) is 0 Å². The van der Waals surface area contributed by atoms with Crippen molar-refractivity contribution in [2.75, 3.05) is 5.32 Å². The first kappa shape index (κ1) is 21.4. The molecule has 5 nitrogen and oxygen atoms in total. The van der Waals surface area contributed by atoms with Gasteiger partial charge < -0.3 is 5.32 Å². The van der Waals surface area contributed by atoms with E-state index in [0.29, 0.717) is 21.4 Å². The van der Waals surface area contributed by atoms with Crippen molar-refractivity contribution in [1.82, 2.24) is 19.7 Å². The van der Waals surface area contributed by atoms with E-state index in [1.807, 2.05) is 53.2 Å². The van der Waals surface area contributed by atoms with Gasteiger partial charge in [-0.3, -0.25) is 0 Å². The first-order valence-corrected chi connectivity index (χ1v) is 11.3. The molecular weight excluding hydrogens is 453 g/mol. The van der Waals surface area contributed by atoms with Crippen molar-refractivity contribution in [3.8, 4) is 16.9 Å². The molecule has 0 amide bonds. The van der Waals surface area contributed by atoms with Crippen LogP contribution in [0.3, 0.4) is 0 Å². The maximum atomic E-state index is 6.55. The Kier molecular flexibility index (Phi) is 5.75. The summed E-state index contributed by atoms with van der Waals surface area (Å²) in [5.41, 5.74) is 6.30. The number of hydrogen-bond acceptors (Lipinski definition) is 4. The van der Waals surface area contributed by atoms with Crippen LogP contribution in [-0.2, 0) is 0 Å². The molecule has 0 saturated carbocycles. The number of halogens is 2. The second kappa shape index (κ2) is 8.85. The zero-order chi connectivity index (χ0) is 22.9. The molecule has 1 unspecified atom stereocenters. The number of benzene rings is 3. The van der Waals surface area contributed by atoms with Gasteiger partial charge in [-0.15, -0.1) is 0 Å². The lowest BCUT2D eigenvalue weighted by Crippen LogP contribution is -2.08. The molecule has 3 aromatic carbocycles. The van der Waals surface area contributed by atoms with E-state index in [2.05, 4.69) is 53.4 Å². The average molecular weight is 474 g/mol. The molecule has 5 aromatic rings. The Labute approximate surface area is 202 Å². The summed E-state index contributed by atoms with van der Waals surface area (Å²) in [5, 5.41) is 9.68.